The Morgan fingerprint density at radius 2 is 2.06 bits per heavy atom. The van der Waals surface area contributed by atoms with Crippen molar-refractivity contribution >= 4 is 17.6 Å². The van der Waals surface area contributed by atoms with E-state index in [-0.39, 0.29) is 35.8 Å². The fourth-order valence-electron chi connectivity index (χ4n) is 4.73. The number of pyridine rings is 1. The summed E-state index contributed by atoms with van der Waals surface area (Å²) in [5, 5.41) is 11.2. The van der Waals surface area contributed by atoms with Crippen LogP contribution in [0.15, 0.2) is 24.5 Å². The van der Waals surface area contributed by atoms with Crippen LogP contribution >= 0.6 is 0 Å². The lowest BCUT2D eigenvalue weighted by atomic mass is 9.86. The van der Waals surface area contributed by atoms with E-state index in [9.17, 15) is 14.4 Å². The maximum absolute atomic E-state index is 13.1. The lowest BCUT2D eigenvalue weighted by Gasteiger charge is -2.23. The zero-order chi connectivity index (χ0) is 23.5. The van der Waals surface area contributed by atoms with Crippen LogP contribution in [0.5, 0.6) is 5.75 Å². The quantitative estimate of drug-likeness (QED) is 0.684. The van der Waals surface area contributed by atoms with Gasteiger partial charge in [-0.05, 0) is 30.9 Å². The Hall–Kier alpha value is -3.34. The van der Waals surface area contributed by atoms with Crippen LogP contribution in [0, 0.1) is 5.92 Å². The van der Waals surface area contributed by atoms with Gasteiger partial charge in [-0.1, -0.05) is 5.21 Å². The Balaban J connectivity index is 1.32. The van der Waals surface area contributed by atoms with E-state index < -0.39 is 12.1 Å². The second-order valence-electron chi connectivity index (χ2n) is 9.09. The number of ketones is 1. The van der Waals surface area contributed by atoms with Crippen molar-refractivity contribution in [3.63, 3.8) is 0 Å². The van der Waals surface area contributed by atoms with Crippen molar-refractivity contribution < 1.29 is 23.9 Å². The minimum Gasteiger partial charge on any atom is -0.489 e. The molecule has 180 valence electrons. The Labute approximate surface area is 196 Å². The smallest absolute Gasteiger partial charge is 0.274 e. The largest absolute Gasteiger partial charge is 0.489 e. The normalized spacial score (nSPS) is 23.9. The average Bonchev–Trinajstić information content (AvgIpc) is 3.46. The van der Waals surface area contributed by atoms with E-state index in [0.717, 1.165) is 12.8 Å². The Morgan fingerprint density at radius 3 is 2.91 bits per heavy atom. The molecule has 34 heavy (non-hydrogen) atoms. The number of likely N-dealkylation sites (tertiary alicyclic amines) is 1. The average molecular weight is 469 g/mol. The number of ether oxygens (including phenoxy) is 2. The molecule has 2 atom stereocenters. The van der Waals surface area contributed by atoms with Crippen molar-refractivity contribution in [1.82, 2.24) is 30.2 Å². The molecule has 11 nitrogen and oxygen atoms in total. The van der Waals surface area contributed by atoms with Gasteiger partial charge < -0.3 is 19.7 Å². The van der Waals surface area contributed by atoms with Crippen LogP contribution < -0.4 is 10.1 Å². The molecule has 1 saturated carbocycles. The monoisotopic (exact) mass is 468 g/mol. The van der Waals surface area contributed by atoms with Crippen LogP contribution in [0.3, 0.4) is 0 Å². The zero-order valence-electron chi connectivity index (χ0n) is 18.9. The molecule has 0 aromatic carbocycles. The molecule has 0 spiro atoms. The molecule has 2 aromatic heterocycles. The minimum absolute atomic E-state index is 0.0235. The van der Waals surface area contributed by atoms with Crippen molar-refractivity contribution in [3.8, 4) is 5.75 Å². The second-order valence-corrected chi connectivity index (χ2v) is 9.09. The molecule has 2 amide bonds. The van der Waals surface area contributed by atoms with Gasteiger partial charge in [0.2, 0.25) is 5.91 Å². The summed E-state index contributed by atoms with van der Waals surface area (Å²) < 4.78 is 13.6. The molecule has 5 rings (SSSR count). The molecular weight excluding hydrogens is 440 g/mol. The number of hydrogen-bond acceptors (Lipinski definition) is 8. The van der Waals surface area contributed by atoms with Gasteiger partial charge in [-0.15, -0.1) is 5.10 Å². The van der Waals surface area contributed by atoms with Crippen molar-refractivity contribution in [2.75, 3.05) is 19.7 Å². The van der Waals surface area contributed by atoms with Crippen molar-refractivity contribution in [1.29, 1.82) is 0 Å². The fourth-order valence-corrected chi connectivity index (χ4v) is 4.73. The number of nitrogens with zero attached hydrogens (tertiary/aromatic N) is 5. The first kappa shape index (κ1) is 22.5. The van der Waals surface area contributed by atoms with Crippen molar-refractivity contribution in [2.24, 2.45) is 5.92 Å². The molecule has 2 aliphatic heterocycles. The number of Topliss-reactive ketones (excluding diaryl/α,β-unsaturated/α-hetero) is 1. The van der Waals surface area contributed by atoms with E-state index in [1.54, 1.807) is 34.1 Å². The number of hydrogen-bond donors (Lipinski definition) is 1. The van der Waals surface area contributed by atoms with Crippen molar-refractivity contribution in [3.05, 3.63) is 35.9 Å². The highest BCUT2D eigenvalue weighted by Crippen LogP contribution is 2.27. The molecular formula is C23H28N6O5. The van der Waals surface area contributed by atoms with E-state index >= 15 is 0 Å². The third kappa shape index (κ3) is 5.09. The van der Waals surface area contributed by atoms with E-state index in [1.165, 1.54) is 0 Å². The number of carbonyl (C=O) groups excluding carboxylic acids is 3. The summed E-state index contributed by atoms with van der Waals surface area (Å²) >= 11 is 0. The topological polar surface area (TPSA) is 129 Å². The van der Waals surface area contributed by atoms with Gasteiger partial charge in [0.25, 0.3) is 5.91 Å². The summed E-state index contributed by atoms with van der Waals surface area (Å²) in [7, 11) is 0. The van der Waals surface area contributed by atoms with Gasteiger partial charge in [0.1, 0.15) is 18.1 Å². The molecule has 1 saturated heterocycles. The summed E-state index contributed by atoms with van der Waals surface area (Å²) in [5.74, 6) is 0.536. The molecule has 2 aromatic rings. The van der Waals surface area contributed by atoms with Gasteiger partial charge in [-0.2, -0.15) is 0 Å². The molecule has 11 heteroatoms. The SMILES string of the molecule is O=C1CCC(CC(=O)N2C[C@@H]3NC(=O)c4ncccc4OCCn4cc(nn4)CO[C@H]3C2)CC1. The van der Waals surface area contributed by atoms with Crippen molar-refractivity contribution in [2.45, 2.75) is 57.4 Å². The first-order chi connectivity index (χ1) is 16.5. The number of nitrogens with one attached hydrogen (secondary N) is 1. The van der Waals surface area contributed by atoms with Crippen LogP contribution in [0.25, 0.3) is 0 Å². The van der Waals surface area contributed by atoms with Crippen LogP contribution in [0.2, 0.25) is 0 Å². The molecule has 2 fully saturated rings. The predicted molar refractivity (Wildman–Crippen MR) is 118 cm³/mol. The highest BCUT2D eigenvalue weighted by molar-refractivity contribution is 5.95. The van der Waals surface area contributed by atoms with Crippen LogP contribution in [0.4, 0.5) is 0 Å². The first-order valence-corrected chi connectivity index (χ1v) is 11.7. The maximum atomic E-state index is 13.1. The lowest BCUT2D eigenvalue weighted by Crippen LogP contribution is -2.44. The van der Waals surface area contributed by atoms with Gasteiger partial charge in [0, 0.05) is 38.5 Å². The molecule has 4 heterocycles. The fraction of sp³-hybridized carbons (Fsp3) is 0.565. The number of rotatable bonds is 2. The molecule has 1 aliphatic carbocycles. The standard InChI is InChI=1S/C23H28N6O5/c30-17-5-3-15(4-6-17)10-21(31)28-12-18-20(13-28)34-14-16-11-29(27-26-16)8-9-33-19-2-1-7-24-22(19)23(32)25-18/h1-2,7,11,15,18,20H,3-6,8-10,12-14H2,(H,25,32)/t18-,20-/m0/s1. The molecule has 0 unspecified atom stereocenters. The summed E-state index contributed by atoms with van der Waals surface area (Å²) in [5.41, 5.74) is 0.857. The van der Waals surface area contributed by atoms with Gasteiger partial charge in [-0.3, -0.25) is 14.4 Å². The summed E-state index contributed by atoms with van der Waals surface area (Å²) in [6, 6.07) is 3.01. The highest BCUT2D eigenvalue weighted by Gasteiger charge is 2.38. The summed E-state index contributed by atoms with van der Waals surface area (Å²) in [6.45, 7) is 1.70. The molecule has 0 radical (unpaired) electrons. The van der Waals surface area contributed by atoms with Crippen LogP contribution in [0.1, 0.15) is 48.3 Å². The lowest BCUT2D eigenvalue weighted by molar-refractivity contribution is -0.133. The Kier molecular flexibility index (Phi) is 6.52. The summed E-state index contributed by atoms with van der Waals surface area (Å²) in [6.07, 6.45) is 5.98. The van der Waals surface area contributed by atoms with Gasteiger partial charge in [-0.25, -0.2) is 9.67 Å². The number of amides is 2. The predicted octanol–water partition coefficient (Wildman–Crippen LogP) is 0.741. The van der Waals surface area contributed by atoms with Crippen LogP contribution in [-0.4, -0.2) is 74.3 Å². The molecule has 2 bridgehead atoms. The minimum atomic E-state index is -0.405. The third-order valence-electron chi connectivity index (χ3n) is 6.66. The number of fused-ring (bicyclic) bond motifs is 4. The third-order valence-corrected chi connectivity index (χ3v) is 6.66. The van der Waals surface area contributed by atoms with E-state index in [4.69, 9.17) is 9.47 Å². The first-order valence-electron chi connectivity index (χ1n) is 11.7. The maximum Gasteiger partial charge on any atom is 0.274 e. The Bertz CT molecular complexity index is 1060. The van der Waals surface area contributed by atoms with E-state index in [2.05, 4.69) is 20.6 Å². The second kappa shape index (κ2) is 9.88. The number of carbonyl (C=O) groups is 3. The molecule has 1 N–H and O–H groups in total. The zero-order valence-corrected chi connectivity index (χ0v) is 18.9. The highest BCUT2D eigenvalue weighted by atomic mass is 16.5. The van der Waals surface area contributed by atoms with Crippen LogP contribution in [-0.2, 0) is 27.5 Å². The number of aromatic nitrogens is 4. The Morgan fingerprint density at radius 1 is 1.21 bits per heavy atom. The van der Waals surface area contributed by atoms with Gasteiger partial charge in [0.05, 0.1) is 31.5 Å². The molecule has 3 aliphatic rings. The van der Waals surface area contributed by atoms with E-state index in [0.29, 0.717) is 56.9 Å². The summed E-state index contributed by atoms with van der Waals surface area (Å²) in [4.78, 5) is 43.6. The van der Waals surface area contributed by atoms with E-state index in [1.807, 2.05) is 0 Å². The van der Waals surface area contributed by atoms with Gasteiger partial charge in [0.15, 0.2) is 11.4 Å². The van der Waals surface area contributed by atoms with Gasteiger partial charge >= 0.3 is 0 Å².